The number of hydrogen-bond acceptors (Lipinski definition) is 5. The first kappa shape index (κ1) is 8.86. The molecule has 0 aromatic rings. The van der Waals surface area contributed by atoms with Gasteiger partial charge in [0.25, 0.3) is 0 Å². The molecule has 2 fully saturated rings. The molecular weight excluding hydrogens is 190 g/mol. The summed E-state index contributed by atoms with van der Waals surface area (Å²) in [5.74, 6) is -2.48. The lowest BCUT2D eigenvalue weighted by Gasteiger charge is -2.26. The monoisotopic (exact) mass is 197 g/mol. The molecule has 6 nitrogen and oxygen atoms in total. The maximum Gasteiger partial charge on any atom is 0.314 e. The molecule has 2 rings (SSSR count). The first-order valence-electron chi connectivity index (χ1n) is 4.10. The van der Waals surface area contributed by atoms with Crippen molar-refractivity contribution < 1.29 is 23.9 Å². The van der Waals surface area contributed by atoms with Crippen molar-refractivity contribution in [3.8, 4) is 0 Å². The number of amides is 2. The summed E-state index contributed by atoms with van der Waals surface area (Å²) in [4.78, 5) is 44.2. The molecular formula is C8H7NO5. The average Bonchev–Trinajstić information content (AvgIpc) is 2.23. The Morgan fingerprint density at radius 3 is 2.00 bits per heavy atom. The molecule has 2 heterocycles. The van der Waals surface area contributed by atoms with Gasteiger partial charge in [0.15, 0.2) is 0 Å². The molecule has 0 aliphatic carbocycles. The van der Waals surface area contributed by atoms with Crippen molar-refractivity contribution in [3.05, 3.63) is 0 Å². The smallest absolute Gasteiger partial charge is 0.314 e. The third-order valence-corrected chi connectivity index (χ3v) is 2.43. The highest BCUT2D eigenvalue weighted by Crippen LogP contribution is 2.38. The van der Waals surface area contributed by atoms with Gasteiger partial charge in [0.05, 0.1) is 18.3 Å². The van der Waals surface area contributed by atoms with Crippen LogP contribution in [-0.2, 0) is 23.9 Å². The standard InChI is InChI=1S/C8H7NO5/c10-4-1-8(7(13)9-4)2-5(11)14-6(12)3-8/h1-3H2,(H,9,10,13). The van der Waals surface area contributed by atoms with Gasteiger partial charge in [0.1, 0.15) is 0 Å². The molecule has 0 radical (unpaired) electrons. The number of imide groups is 1. The Bertz CT molecular complexity index is 343. The fourth-order valence-electron chi connectivity index (χ4n) is 1.79. The maximum absolute atomic E-state index is 11.4. The number of esters is 2. The van der Waals surface area contributed by atoms with Gasteiger partial charge in [0, 0.05) is 6.42 Å². The molecule has 0 atom stereocenters. The molecule has 0 aromatic heterocycles. The molecule has 0 aromatic carbocycles. The van der Waals surface area contributed by atoms with Crippen LogP contribution in [0.3, 0.4) is 0 Å². The number of rotatable bonds is 0. The minimum Gasteiger partial charge on any atom is -0.393 e. The zero-order valence-corrected chi connectivity index (χ0v) is 7.16. The van der Waals surface area contributed by atoms with Crippen LogP contribution >= 0.6 is 0 Å². The topological polar surface area (TPSA) is 89.5 Å². The fraction of sp³-hybridized carbons (Fsp3) is 0.500. The second-order valence-corrected chi connectivity index (χ2v) is 3.53. The Balaban J connectivity index is 2.31. The molecule has 0 unspecified atom stereocenters. The van der Waals surface area contributed by atoms with Gasteiger partial charge in [0.2, 0.25) is 11.8 Å². The van der Waals surface area contributed by atoms with Crippen LogP contribution in [0.15, 0.2) is 0 Å². The van der Waals surface area contributed by atoms with Crippen molar-refractivity contribution in [1.82, 2.24) is 5.32 Å². The molecule has 2 aliphatic rings. The minimum atomic E-state index is -1.18. The van der Waals surface area contributed by atoms with Gasteiger partial charge < -0.3 is 4.74 Å². The highest BCUT2D eigenvalue weighted by molar-refractivity contribution is 6.10. The second kappa shape index (κ2) is 2.63. The molecule has 14 heavy (non-hydrogen) atoms. The van der Waals surface area contributed by atoms with Gasteiger partial charge in [-0.15, -0.1) is 0 Å². The molecule has 2 amide bonds. The lowest BCUT2D eigenvalue weighted by molar-refractivity contribution is -0.171. The maximum atomic E-state index is 11.4. The zero-order chi connectivity index (χ0) is 10.3. The van der Waals surface area contributed by atoms with Gasteiger partial charge in [-0.25, -0.2) is 0 Å². The van der Waals surface area contributed by atoms with Crippen molar-refractivity contribution in [1.29, 1.82) is 0 Å². The van der Waals surface area contributed by atoms with E-state index in [0.29, 0.717) is 0 Å². The first-order valence-corrected chi connectivity index (χ1v) is 4.10. The number of hydrogen-bond donors (Lipinski definition) is 1. The molecule has 6 heteroatoms. The lowest BCUT2D eigenvalue weighted by Crippen LogP contribution is -2.41. The summed E-state index contributed by atoms with van der Waals surface area (Å²) in [5.41, 5.74) is -1.18. The molecule has 0 bridgehead atoms. The van der Waals surface area contributed by atoms with Gasteiger partial charge >= 0.3 is 11.9 Å². The Labute approximate surface area is 78.6 Å². The van der Waals surface area contributed by atoms with E-state index in [4.69, 9.17) is 0 Å². The number of nitrogens with one attached hydrogen (secondary N) is 1. The van der Waals surface area contributed by atoms with Crippen LogP contribution < -0.4 is 5.32 Å². The van der Waals surface area contributed by atoms with E-state index in [1.165, 1.54) is 0 Å². The lowest BCUT2D eigenvalue weighted by atomic mass is 9.78. The average molecular weight is 197 g/mol. The Morgan fingerprint density at radius 2 is 1.57 bits per heavy atom. The molecule has 1 N–H and O–H groups in total. The Hall–Kier alpha value is -1.72. The van der Waals surface area contributed by atoms with E-state index < -0.39 is 29.2 Å². The van der Waals surface area contributed by atoms with Gasteiger partial charge in [-0.2, -0.15) is 0 Å². The van der Waals surface area contributed by atoms with Gasteiger partial charge in [-0.1, -0.05) is 0 Å². The van der Waals surface area contributed by atoms with E-state index >= 15 is 0 Å². The van der Waals surface area contributed by atoms with E-state index in [2.05, 4.69) is 10.1 Å². The summed E-state index contributed by atoms with van der Waals surface area (Å²) in [6.45, 7) is 0. The zero-order valence-electron chi connectivity index (χ0n) is 7.16. The Kier molecular flexibility index (Phi) is 1.67. The van der Waals surface area contributed by atoms with E-state index in [0.717, 1.165) is 0 Å². The quantitative estimate of drug-likeness (QED) is 0.302. The Morgan fingerprint density at radius 1 is 1.00 bits per heavy atom. The van der Waals surface area contributed by atoms with Crippen LogP contribution in [0.4, 0.5) is 0 Å². The predicted molar refractivity (Wildman–Crippen MR) is 40.5 cm³/mol. The van der Waals surface area contributed by atoms with Crippen molar-refractivity contribution in [3.63, 3.8) is 0 Å². The van der Waals surface area contributed by atoms with Crippen molar-refractivity contribution in [2.45, 2.75) is 19.3 Å². The first-order chi connectivity index (χ1) is 6.52. The van der Waals surface area contributed by atoms with E-state index in [9.17, 15) is 19.2 Å². The second-order valence-electron chi connectivity index (χ2n) is 3.53. The number of ether oxygens (including phenoxy) is 1. The number of carbonyl (C=O) groups is 4. The van der Waals surface area contributed by atoms with E-state index in [-0.39, 0.29) is 19.3 Å². The van der Waals surface area contributed by atoms with Crippen LogP contribution in [0.2, 0.25) is 0 Å². The number of carbonyl (C=O) groups excluding carboxylic acids is 4. The normalized spacial score (nSPS) is 25.1. The van der Waals surface area contributed by atoms with E-state index in [1.807, 2.05) is 0 Å². The summed E-state index contributed by atoms with van der Waals surface area (Å²) in [6, 6.07) is 0. The summed E-state index contributed by atoms with van der Waals surface area (Å²) in [6.07, 6.45) is -0.501. The van der Waals surface area contributed by atoms with E-state index in [1.54, 1.807) is 0 Å². The third-order valence-electron chi connectivity index (χ3n) is 2.43. The van der Waals surface area contributed by atoms with Crippen molar-refractivity contribution in [2.24, 2.45) is 5.41 Å². The fourth-order valence-corrected chi connectivity index (χ4v) is 1.79. The van der Waals surface area contributed by atoms with Crippen LogP contribution in [0.25, 0.3) is 0 Å². The molecule has 2 saturated heterocycles. The van der Waals surface area contributed by atoms with Gasteiger partial charge in [-0.3, -0.25) is 24.5 Å². The highest BCUT2D eigenvalue weighted by Gasteiger charge is 2.52. The molecule has 2 aliphatic heterocycles. The van der Waals surface area contributed by atoms with Crippen molar-refractivity contribution >= 4 is 23.8 Å². The van der Waals surface area contributed by atoms with Crippen LogP contribution in [0, 0.1) is 5.41 Å². The summed E-state index contributed by atoms with van der Waals surface area (Å²) < 4.78 is 4.29. The summed E-state index contributed by atoms with van der Waals surface area (Å²) in [7, 11) is 0. The van der Waals surface area contributed by atoms with Crippen LogP contribution in [0.1, 0.15) is 19.3 Å². The third kappa shape index (κ3) is 1.19. The van der Waals surface area contributed by atoms with Crippen LogP contribution in [-0.4, -0.2) is 23.8 Å². The van der Waals surface area contributed by atoms with Crippen LogP contribution in [0.5, 0.6) is 0 Å². The minimum absolute atomic E-state index is 0.104. The summed E-state index contributed by atoms with van der Waals surface area (Å²) >= 11 is 0. The largest absolute Gasteiger partial charge is 0.393 e. The molecule has 74 valence electrons. The highest BCUT2D eigenvalue weighted by atomic mass is 16.6. The molecule has 1 spiro atoms. The molecule has 0 saturated carbocycles. The van der Waals surface area contributed by atoms with Gasteiger partial charge in [-0.05, 0) is 0 Å². The SMILES string of the molecule is O=C1CC2(CC(=O)OC(=O)C2)C(=O)N1. The predicted octanol–water partition coefficient (Wildman–Crippen LogP) is -1.12. The summed E-state index contributed by atoms with van der Waals surface area (Å²) in [5, 5.41) is 2.08. The van der Waals surface area contributed by atoms with Crippen molar-refractivity contribution in [2.75, 3.05) is 0 Å². The number of cyclic esters (lactones) is 2.